The van der Waals surface area contributed by atoms with Gasteiger partial charge in [-0.05, 0) is 102 Å². The second-order valence-electron chi connectivity index (χ2n) is 17.1. The lowest BCUT2D eigenvalue weighted by Gasteiger charge is -2.34. The van der Waals surface area contributed by atoms with Gasteiger partial charge in [0.2, 0.25) is 0 Å². The van der Waals surface area contributed by atoms with Crippen LogP contribution in [0, 0.1) is 0 Å². The third-order valence-corrected chi connectivity index (χ3v) is 15.0. The van der Waals surface area contributed by atoms with E-state index in [1.165, 1.54) is 103 Å². The molecule has 0 amide bonds. The van der Waals surface area contributed by atoms with Crippen molar-refractivity contribution in [3.8, 4) is 33.4 Å². The molecular weight excluding hydrogens is 803 g/mol. The molecule has 0 radical (unpaired) electrons. The van der Waals surface area contributed by atoms with E-state index in [2.05, 4.69) is 254 Å². The third kappa shape index (κ3) is 5.71. The molecule has 1 nitrogen and oxygen atoms in total. The van der Waals surface area contributed by atoms with Crippen molar-refractivity contribution in [2.45, 2.75) is 5.41 Å². The van der Waals surface area contributed by atoms with E-state index in [4.69, 9.17) is 0 Å². The van der Waals surface area contributed by atoms with E-state index in [0.29, 0.717) is 0 Å². The molecule has 65 heavy (non-hydrogen) atoms. The van der Waals surface area contributed by atoms with Crippen LogP contribution < -0.4 is 4.90 Å². The van der Waals surface area contributed by atoms with Crippen LogP contribution in [0.15, 0.2) is 249 Å². The minimum Gasteiger partial charge on any atom is -0.308 e. The van der Waals surface area contributed by atoms with Gasteiger partial charge in [0.15, 0.2) is 0 Å². The SMILES string of the molecule is c1ccc(C2(c3ccccc3)c3ccccc3-c3c(N(c4ccc(-c5cccc6c(-c7cccc8ccccc78)cccc56)cc4)c4cccc5c4sc4ccccc45)cccc32)cc1. The van der Waals surface area contributed by atoms with E-state index in [0.717, 1.165) is 11.4 Å². The third-order valence-electron chi connectivity index (χ3n) is 13.8. The lowest BCUT2D eigenvalue weighted by atomic mass is 9.68. The molecule has 11 aromatic carbocycles. The van der Waals surface area contributed by atoms with Gasteiger partial charge >= 0.3 is 0 Å². The first-order valence-corrected chi connectivity index (χ1v) is 23.2. The highest BCUT2D eigenvalue weighted by atomic mass is 32.1. The first-order chi connectivity index (χ1) is 32.3. The topological polar surface area (TPSA) is 3.24 Å². The Balaban J connectivity index is 1.03. The van der Waals surface area contributed by atoms with Crippen molar-refractivity contribution in [3.63, 3.8) is 0 Å². The van der Waals surface area contributed by atoms with Crippen molar-refractivity contribution in [3.05, 3.63) is 271 Å². The molecule has 1 aromatic heterocycles. The van der Waals surface area contributed by atoms with Crippen molar-refractivity contribution in [2.24, 2.45) is 0 Å². The minimum absolute atomic E-state index is 0.511. The van der Waals surface area contributed by atoms with Gasteiger partial charge in [-0.15, -0.1) is 11.3 Å². The maximum atomic E-state index is 2.53. The zero-order chi connectivity index (χ0) is 42.9. The van der Waals surface area contributed by atoms with E-state index >= 15 is 0 Å². The minimum atomic E-state index is -0.511. The zero-order valence-corrected chi connectivity index (χ0v) is 36.3. The predicted molar refractivity (Wildman–Crippen MR) is 277 cm³/mol. The van der Waals surface area contributed by atoms with Gasteiger partial charge in [-0.1, -0.05) is 218 Å². The molecule has 0 fully saturated rings. The number of hydrogen-bond donors (Lipinski definition) is 0. The first-order valence-electron chi connectivity index (χ1n) is 22.4. The van der Waals surface area contributed by atoms with Crippen molar-refractivity contribution in [1.82, 2.24) is 0 Å². The smallest absolute Gasteiger partial charge is 0.0714 e. The van der Waals surface area contributed by atoms with E-state index in [1.54, 1.807) is 0 Å². The number of rotatable bonds is 7. The Hall–Kier alpha value is -8.04. The second kappa shape index (κ2) is 15.1. The highest BCUT2D eigenvalue weighted by molar-refractivity contribution is 7.26. The van der Waals surface area contributed by atoms with E-state index in [-0.39, 0.29) is 0 Å². The monoisotopic (exact) mass is 843 g/mol. The molecule has 1 aliphatic rings. The van der Waals surface area contributed by atoms with Gasteiger partial charge in [-0.25, -0.2) is 0 Å². The standard InChI is InChI=1S/C63H41NS/c1-3-20-44(21-4-1)63(45-22-5-2-6-23-45)56-33-11-9-26-55(56)61-57(63)34-17-35-58(61)64(59-36-16-32-54-53-25-10-12-37-60(53)65-62(54)59)46-40-38-43(39-41-46)48-27-14-30-51-50(48)29-15-31-52(51)49-28-13-19-42-18-7-8-24-47(42)49/h1-41H. The molecule has 12 aromatic rings. The Morgan fingerprint density at radius 3 is 1.62 bits per heavy atom. The van der Waals surface area contributed by atoms with Crippen molar-refractivity contribution in [1.29, 1.82) is 0 Å². The van der Waals surface area contributed by atoms with Gasteiger partial charge in [-0.2, -0.15) is 0 Å². The van der Waals surface area contributed by atoms with Gasteiger partial charge < -0.3 is 4.90 Å². The summed E-state index contributed by atoms with van der Waals surface area (Å²) in [7, 11) is 0. The number of anilines is 3. The predicted octanol–water partition coefficient (Wildman–Crippen LogP) is 17.5. The molecule has 304 valence electrons. The molecule has 0 saturated carbocycles. The van der Waals surface area contributed by atoms with Gasteiger partial charge in [0.25, 0.3) is 0 Å². The fourth-order valence-corrected chi connectivity index (χ4v) is 12.2. The Labute approximate surface area is 382 Å². The fourth-order valence-electron chi connectivity index (χ4n) is 11.0. The first kappa shape index (κ1) is 37.5. The van der Waals surface area contributed by atoms with Crippen LogP contribution >= 0.6 is 11.3 Å². The largest absolute Gasteiger partial charge is 0.308 e. The number of thiophene rings is 1. The van der Waals surface area contributed by atoms with Crippen LogP contribution in [0.3, 0.4) is 0 Å². The van der Waals surface area contributed by atoms with Crippen LogP contribution in [0.1, 0.15) is 22.3 Å². The molecule has 0 saturated heterocycles. The maximum Gasteiger partial charge on any atom is 0.0714 e. The summed E-state index contributed by atoms with van der Waals surface area (Å²) in [5, 5.41) is 7.59. The van der Waals surface area contributed by atoms with Crippen LogP contribution in [0.5, 0.6) is 0 Å². The zero-order valence-electron chi connectivity index (χ0n) is 35.5. The van der Waals surface area contributed by atoms with Gasteiger partial charge in [0, 0.05) is 26.7 Å². The van der Waals surface area contributed by atoms with Crippen LogP contribution in [0.2, 0.25) is 0 Å². The van der Waals surface area contributed by atoms with Crippen LogP contribution in [-0.4, -0.2) is 0 Å². The van der Waals surface area contributed by atoms with Crippen LogP contribution in [0.25, 0.3) is 75.1 Å². The average Bonchev–Trinajstić information content (AvgIpc) is 3.92. The summed E-state index contributed by atoms with van der Waals surface area (Å²) < 4.78 is 2.56. The number of nitrogens with zero attached hydrogens (tertiary/aromatic N) is 1. The summed E-state index contributed by atoms with van der Waals surface area (Å²) in [6.45, 7) is 0. The Kier molecular flexibility index (Phi) is 8.69. The highest BCUT2D eigenvalue weighted by Gasteiger charge is 2.47. The molecule has 0 spiro atoms. The molecule has 1 aliphatic carbocycles. The van der Waals surface area contributed by atoms with Crippen molar-refractivity contribution in [2.75, 3.05) is 4.90 Å². The molecule has 0 atom stereocenters. The van der Waals surface area contributed by atoms with Crippen LogP contribution in [0.4, 0.5) is 17.1 Å². The maximum absolute atomic E-state index is 2.53. The molecule has 2 heteroatoms. The lowest BCUT2D eigenvalue weighted by Crippen LogP contribution is -2.28. The Bertz CT molecular complexity index is 3730. The summed E-state index contributed by atoms with van der Waals surface area (Å²) in [5.74, 6) is 0. The number of hydrogen-bond acceptors (Lipinski definition) is 2. The van der Waals surface area contributed by atoms with Crippen molar-refractivity contribution >= 4 is 70.1 Å². The molecule has 0 aliphatic heterocycles. The molecular formula is C63H41NS. The van der Waals surface area contributed by atoms with Gasteiger partial charge in [0.1, 0.15) is 0 Å². The lowest BCUT2D eigenvalue weighted by molar-refractivity contribution is 0.768. The summed E-state index contributed by atoms with van der Waals surface area (Å²) >= 11 is 1.88. The summed E-state index contributed by atoms with van der Waals surface area (Å²) in [6, 6.07) is 92.1. The second-order valence-corrected chi connectivity index (χ2v) is 18.1. The number of fused-ring (bicyclic) bond motifs is 8. The number of benzene rings is 11. The molecule has 0 bridgehead atoms. The summed E-state index contributed by atoms with van der Waals surface area (Å²) in [5.41, 5.74) is 15.5. The molecule has 0 N–H and O–H groups in total. The average molecular weight is 844 g/mol. The Morgan fingerprint density at radius 2 is 0.831 bits per heavy atom. The highest BCUT2D eigenvalue weighted by Crippen LogP contribution is 2.60. The molecule has 13 rings (SSSR count). The summed E-state index contributed by atoms with van der Waals surface area (Å²) in [6.07, 6.45) is 0. The Morgan fingerprint density at radius 1 is 0.323 bits per heavy atom. The van der Waals surface area contributed by atoms with Crippen molar-refractivity contribution < 1.29 is 0 Å². The van der Waals surface area contributed by atoms with Gasteiger partial charge in [0.05, 0.1) is 21.5 Å². The fraction of sp³-hybridized carbons (Fsp3) is 0.0159. The van der Waals surface area contributed by atoms with E-state index in [9.17, 15) is 0 Å². The van der Waals surface area contributed by atoms with Crippen LogP contribution in [-0.2, 0) is 5.41 Å². The normalized spacial score (nSPS) is 12.7. The molecule has 0 unspecified atom stereocenters. The van der Waals surface area contributed by atoms with E-state index in [1.807, 2.05) is 11.3 Å². The van der Waals surface area contributed by atoms with Gasteiger partial charge in [-0.3, -0.25) is 0 Å². The molecule has 1 heterocycles. The summed E-state index contributed by atoms with van der Waals surface area (Å²) in [4.78, 5) is 2.53. The quantitative estimate of drug-likeness (QED) is 0.154. The van der Waals surface area contributed by atoms with E-state index < -0.39 is 5.41 Å².